The third-order valence-corrected chi connectivity index (χ3v) is 2.85. The highest BCUT2D eigenvalue weighted by Gasteiger charge is 2.03. The molecule has 18 heavy (non-hydrogen) atoms. The molecule has 0 unspecified atom stereocenters. The summed E-state index contributed by atoms with van der Waals surface area (Å²) >= 11 is 0. The molecule has 0 aliphatic heterocycles. The number of para-hydroxylation sites is 2. The molecular weight excluding hydrogens is 222 g/mol. The van der Waals surface area contributed by atoms with Gasteiger partial charge in [-0.25, -0.2) is 0 Å². The lowest BCUT2D eigenvalue weighted by molar-refractivity contribution is 0.243. The van der Waals surface area contributed by atoms with E-state index in [1.165, 1.54) is 32.1 Å². The third kappa shape index (κ3) is 5.95. The molecule has 1 rings (SSSR count). The van der Waals surface area contributed by atoms with Crippen molar-refractivity contribution in [3.8, 4) is 5.75 Å². The first-order chi connectivity index (χ1) is 8.74. The van der Waals surface area contributed by atoms with E-state index >= 15 is 0 Å². The van der Waals surface area contributed by atoms with E-state index in [9.17, 15) is 0 Å². The maximum atomic E-state index is 5.78. The summed E-state index contributed by atoms with van der Waals surface area (Å²) < 4.78 is 5.78. The normalized spacial score (nSPS) is 10.7. The number of ether oxygens (including phenoxy) is 1. The molecule has 0 aliphatic carbocycles. The van der Waals surface area contributed by atoms with Crippen LogP contribution in [0.3, 0.4) is 0 Å². The molecule has 102 valence electrons. The Bertz CT molecular complexity index is 323. The summed E-state index contributed by atoms with van der Waals surface area (Å²) in [7, 11) is 0. The van der Waals surface area contributed by atoms with Gasteiger partial charge in [-0.3, -0.25) is 0 Å². The minimum Gasteiger partial charge on any atom is -0.489 e. The molecule has 0 saturated carbocycles. The van der Waals surface area contributed by atoms with Crippen LogP contribution in [0.4, 0.5) is 5.69 Å². The molecule has 0 aromatic heterocycles. The first-order valence-corrected chi connectivity index (χ1v) is 7.23. The zero-order valence-corrected chi connectivity index (χ0v) is 12.0. The maximum Gasteiger partial charge on any atom is 0.142 e. The average molecular weight is 249 g/mol. The molecule has 1 aromatic rings. The summed E-state index contributed by atoms with van der Waals surface area (Å²) in [6.45, 7) is 7.39. The van der Waals surface area contributed by atoms with Crippen molar-refractivity contribution < 1.29 is 4.74 Å². The number of anilines is 1. The SMILES string of the molecule is CCCCCCCNc1ccccc1OC(C)C. The topological polar surface area (TPSA) is 21.3 Å². The van der Waals surface area contributed by atoms with E-state index in [2.05, 4.69) is 32.2 Å². The second kappa shape index (κ2) is 8.84. The zero-order valence-electron chi connectivity index (χ0n) is 12.0. The fourth-order valence-electron chi connectivity index (χ4n) is 1.92. The molecule has 1 N–H and O–H groups in total. The zero-order chi connectivity index (χ0) is 13.2. The van der Waals surface area contributed by atoms with Gasteiger partial charge in [-0.15, -0.1) is 0 Å². The van der Waals surface area contributed by atoms with E-state index in [-0.39, 0.29) is 6.10 Å². The van der Waals surface area contributed by atoms with E-state index < -0.39 is 0 Å². The van der Waals surface area contributed by atoms with Gasteiger partial charge in [0, 0.05) is 6.54 Å². The molecule has 0 bridgehead atoms. The van der Waals surface area contributed by atoms with E-state index in [1.807, 2.05) is 18.2 Å². The largest absolute Gasteiger partial charge is 0.489 e. The lowest BCUT2D eigenvalue weighted by Crippen LogP contribution is -2.09. The molecule has 0 atom stereocenters. The lowest BCUT2D eigenvalue weighted by atomic mass is 10.1. The Balaban J connectivity index is 2.32. The van der Waals surface area contributed by atoms with Crippen molar-refractivity contribution >= 4 is 5.69 Å². The smallest absolute Gasteiger partial charge is 0.142 e. The second-order valence-electron chi connectivity index (χ2n) is 5.00. The fraction of sp³-hybridized carbons (Fsp3) is 0.625. The number of hydrogen-bond acceptors (Lipinski definition) is 2. The predicted octanol–water partition coefficient (Wildman–Crippen LogP) is 4.86. The summed E-state index contributed by atoms with van der Waals surface area (Å²) in [5.74, 6) is 0.959. The Morgan fingerprint density at radius 3 is 2.50 bits per heavy atom. The van der Waals surface area contributed by atoms with Gasteiger partial charge in [-0.1, -0.05) is 44.7 Å². The molecular formula is C16H27NO. The van der Waals surface area contributed by atoms with Crippen LogP contribution in [0.15, 0.2) is 24.3 Å². The molecule has 0 radical (unpaired) electrons. The molecule has 0 fully saturated rings. The average Bonchev–Trinajstić information content (AvgIpc) is 2.35. The van der Waals surface area contributed by atoms with Crippen molar-refractivity contribution in [3.05, 3.63) is 24.3 Å². The number of rotatable bonds is 9. The number of benzene rings is 1. The van der Waals surface area contributed by atoms with Crippen LogP contribution in [0, 0.1) is 0 Å². The van der Waals surface area contributed by atoms with Crippen LogP contribution >= 0.6 is 0 Å². The van der Waals surface area contributed by atoms with Crippen molar-refractivity contribution in [2.75, 3.05) is 11.9 Å². The Hall–Kier alpha value is -1.18. The van der Waals surface area contributed by atoms with E-state index in [1.54, 1.807) is 0 Å². The first kappa shape index (κ1) is 14.9. The summed E-state index contributed by atoms with van der Waals surface area (Å²) in [6.07, 6.45) is 6.77. The Kier molecular flexibility index (Phi) is 7.31. The van der Waals surface area contributed by atoms with Crippen LogP contribution in [0.2, 0.25) is 0 Å². The van der Waals surface area contributed by atoms with Crippen molar-refractivity contribution in [2.45, 2.75) is 59.0 Å². The van der Waals surface area contributed by atoms with E-state index in [4.69, 9.17) is 4.74 Å². The molecule has 1 aromatic carbocycles. The standard InChI is InChI=1S/C16H27NO/c1-4-5-6-7-10-13-17-15-11-8-9-12-16(15)18-14(2)3/h8-9,11-12,14,17H,4-7,10,13H2,1-3H3. The lowest BCUT2D eigenvalue weighted by Gasteiger charge is -2.15. The molecule has 0 spiro atoms. The van der Waals surface area contributed by atoms with Gasteiger partial charge < -0.3 is 10.1 Å². The Morgan fingerprint density at radius 2 is 1.78 bits per heavy atom. The monoisotopic (exact) mass is 249 g/mol. The van der Waals surface area contributed by atoms with Gasteiger partial charge in [-0.2, -0.15) is 0 Å². The quantitative estimate of drug-likeness (QED) is 0.631. The summed E-state index contributed by atoms with van der Waals surface area (Å²) in [6, 6.07) is 8.18. The van der Waals surface area contributed by atoms with Crippen molar-refractivity contribution in [1.82, 2.24) is 0 Å². The second-order valence-corrected chi connectivity index (χ2v) is 5.00. The highest BCUT2D eigenvalue weighted by Crippen LogP contribution is 2.24. The Labute approximate surface area is 112 Å². The maximum absolute atomic E-state index is 5.78. The van der Waals surface area contributed by atoms with Crippen LogP contribution in [0.5, 0.6) is 5.75 Å². The van der Waals surface area contributed by atoms with Gasteiger partial charge >= 0.3 is 0 Å². The first-order valence-electron chi connectivity index (χ1n) is 7.23. The highest BCUT2D eigenvalue weighted by atomic mass is 16.5. The van der Waals surface area contributed by atoms with Gasteiger partial charge in [0.15, 0.2) is 0 Å². The van der Waals surface area contributed by atoms with Crippen LogP contribution < -0.4 is 10.1 Å². The highest BCUT2D eigenvalue weighted by molar-refractivity contribution is 5.56. The molecule has 0 saturated heterocycles. The van der Waals surface area contributed by atoms with E-state index in [0.29, 0.717) is 0 Å². The van der Waals surface area contributed by atoms with Gasteiger partial charge in [0.25, 0.3) is 0 Å². The summed E-state index contributed by atoms with van der Waals surface area (Å²) in [5.41, 5.74) is 1.11. The van der Waals surface area contributed by atoms with Gasteiger partial charge in [0.1, 0.15) is 5.75 Å². The van der Waals surface area contributed by atoms with Crippen molar-refractivity contribution in [3.63, 3.8) is 0 Å². The molecule has 2 nitrogen and oxygen atoms in total. The third-order valence-electron chi connectivity index (χ3n) is 2.85. The van der Waals surface area contributed by atoms with Gasteiger partial charge in [0.2, 0.25) is 0 Å². The number of nitrogens with one attached hydrogen (secondary N) is 1. The van der Waals surface area contributed by atoms with Crippen molar-refractivity contribution in [1.29, 1.82) is 0 Å². The van der Waals surface area contributed by atoms with Crippen molar-refractivity contribution in [2.24, 2.45) is 0 Å². The summed E-state index contributed by atoms with van der Waals surface area (Å²) in [4.78, 5) is 0. The minimum absolute atomic E-state index is 0.220. The summed E-state index contributed by atoms with van der Waals surface area (Å²) in [5, 5.41) is 3.47. The number of unbranched alkanes of at least 4 members (excludes halogenated alkanes) is 4. The molecule has 2 heteroatoms. The molecule has 0 heterocycles. The molecule has 0 aliphatic rings. The van der Waals surface area contributed by atoms with E-state index in [0.717, 1.165) is 18.0 Å². The van der Waals surface area contributed by atoms with Crippen LogP contribution in [-0.4, -0.2) is 12.6 Å². The van der Waals surface area contributed by atoms with Gasteiger partial charge in [-0.05, 0) is 32.4 Å². The number of hydrogen-bond donors (Lipinski definition) is 1. The van der Waals surface area contributed by atoms with Crippen LogP contribution in [-0.2, 0) is 0 Å². The minimum atomic E-state index is 0.220. The Morgan fingerprint density at radius 1 is 1.06 bits per heavy atom. The van der Waals surface area contributed by atoms with Gasteiger partial charge in [0.05, 0.1) is 11.8 Å². The van der Waals surface area contributed by atoms with Crippen LogP contribution in [0.25, 0.3) is 0 Å². The molecule has 0 amide bonds. The fourth-order valence-corrected chi connectivity index (χ4v) is 1.92. The predicted molar refractivity (Wildman–Crippen MR) is 79.5 cm³/mol. The van der Waals surface area contributed by atoms with Crippen LogP contribution in [0.1, 0.15) is 52.9 Å².